The fraction of sp³-hybridized carbons (Fsp3) is 0.480. The number of methoxy groups -OCH3 is 1. The predicted molar refractivity (Wildman–Crippen MR) is 126 cm³/mol. The molecule has 0 aliphatic carbocycles. The number of guanidine groups is 1. The topological polar surface area (TPSA) is 64.6 Å². The van der Waals surface area contributed by atoms with Crippen molar-refractivity contribution in [1.29, 1.82) is 0 Å². The first-order chi connectivity index (χ1) is 15.7. The summed E-state index contributed by atoms with van der Waals surface area (Å²) in [6, 6.07) is 16.1. The minimum Gasteiger partial charge on any atom is -0.497 e. The molecular weight excluding hydrogens is 406 g/mol. The molecule has 1 aliphatic rings. The first-order valence-electron chi connectivity index (χ1n) is 11.1. The molecule has 0 bridgehead atoms. The average molecular weight is 442 g/mol. The maximum absolute atomic E-state index is 6.05. The number of hydrogen-bond acceptors (Lipinski definition) is 5. The molecule has 2 aromatic rings. The Bertz CT molecular complexity index is 835. The summed E-state index contributed by atoms with van der Waals surface area (Å²) in [5.41, 5.74) is 2.38. The number of nitrogens with zero attached hydrogens (tertiary/aromatic N) is 2. The lowest BCUT2D eigenvalue weighted by atomic mass is 10.1. The third-order valence-electron chi connectivity index (χ3n) is 5.42. The van der Waals surface area contributed by atoms with E-state index in [2.05, 4.69) is 39.5 Å². The molecule has 1 saturated heterocycles. The highest BCUT2D eigenvalue weighted by molar-refractivity contribution is 5.79. The molecule has 2 aromatic carbocycles. The van der Waals surface area contributed by atoms with Crippen LogP contribution in [0.3, 0.4) is 0 Å². The van der Waals surface area contributed by atoms with Crippen LogP contribution in [-0.4, -0.2) is 64.5 Å². The van der Waals surface area contributed by atoms with E-state index < -0.39 is 0 Å². The van der Waals surface area contributed by atoms with Crippen molar-refractivity contribution in [3.63, 3.8) is 0 Å². The van der Waals surface area contributed by atoms with Gasteiger partial charge >= 0.3 is 0 Å². The van der Waals surface area contributed by atoms with Gasteiger partial charge in [0.25, 0.3) is 0 Å². The van der Waals surface area contributed by atoms with Gasteiger partial charge in [0.1, 0.15) is 18.1 Å². The van der Waals surface area contributed by atoms with Crippen LogP contribution in [0, 0.1) is 0 Å². The van der Waals surface area contributed by atoms with Crippen molar-refractivity contribution in [2.45, 2.75) is 32.1 Å². The number of aliphatic imine (C=N–C) groups is 1. The van der Waals surface area contributed by atoms with Crippen LogP contribution in [0.25, 0.3) is 0 Å². The lowest BCUT2D eigenvalue weighted by Crippen LogP contribution is -2.40. The van der Waals surface area contributed by atoms with Crippen molar-refractivity contribution in [1.82, 2.24) is 10.2 Å². The molecule has 0 atom stereocenters. The SMILES string of the molecule is CN=C(NCc1cccc(COC2CCOCC2)c1)N(C)CCOc1ccc(OC)cc1. The minimum atomic E-state index is 0.304. The van der Waals surface area contributed by atoms with Crippen molar-refractivity contribution in [2.24, 2.45) is 4.99 Å². The highest BCUT2D eigenvalue weighted by Gasteiger charge is 2.14. The van der Waals surface area contributed by atoms with E-state index >= 15 is 0 Å². The molecule has 0 saturated carbocycles. The van der Waals surface area contributed by atoms with Gasteiger partial charge in [-0.3, -0.25) is 4.99 Å². The van der Waals surface area contributed by atoms with Gasteiger partial charge in [0.2, 0.25) is 0 Å². The summed E-state index contributed by atoms with van der Waals surface area (Å²) < 4.78 is 22.4. The number of rotatable bonds is 10. The quantitative estimate of drug-likeness (QED) is 0.450. The van der Waals surface area contributed by atoms with E-state index in [-0.39, 0.29) is 0 Å². The van der Waals surface area contributed by atoms with Gasteiger partial charge in [-0.2, -0.15) is 0 Å². The minimum absolute atomic E-state index is 0.304. The number of ether oxygens (including phenoxy) is 4. The molecule has 1 heterocycles. The summed E-state index contributed by atoms with van der Waals surface area (Å²) in [6.45, 7) is 4.20. The Morgan fingerprint density at radius 1 is 1.09 bits per heavy atom. The summed E-state index contributed by atoms with van der Waals surface area (Å²) >= 11 is 0. The highest BCUT2D eigenvalue weighted by Crippen LogP contribution is 2.17. The predicted octanol–water partition coefficient (Wildman–Crippen LogP) is 3.48. The molecule has 0 amide bonds. The van der Waals surface area contributed by atoms with E-state index in [0.717, 1.165) is 43.5 Å². The van der Waals surface area contributed by atoms with Gasteiger partial charge in [-0.25, -0.2) is 0 Å². The van der Waals surface area contributed by atoms with Crippen LogP contribution in [0.5, 0.6) is 11.5 Å². The van der Waals surface area contributed by atoms with Crippen molar-refractivity contribution < 1.29 is 18.9 Å². The summed E-state index contributed by atoms with van der Waals surface area (Å²) in [4.78, 5) is 6.45. The van der Waals surface area contributed by atoms with Gasteiger partial charge in [-0.05, 0) is 48.2 Å². The molecule has 1 N–H and O–H groups in total. The fourth-order valence-electron chi connectivity index (χ4n) is 3.53. The number of likely N-dealkylation sites (N-methyl/N-ethyl adjacent to an activating group) is 1. The monoisotopic (exact) mass is 441 g/mol. The third-order valence-corrected chi connectivity index (χ3v) is 5.42. The van der Waals surface area contributed by atoms with Crippen LogP contribution in [0.1, 0.15) is 24.0 Å². The van der Waals surface area contributed by atoms with Crippen LogP contribution >= 0.6 is 0 Å². The maximum Gasteiger partial charge on any atom is 0.193 e. The zero-order valence-corrected chi connectivity index (χ0v) is 19.4. The highest BCUT2D eigenvalue weighted by atomic mass is 16.5. The number of benzene rings is 2. The molecule has 3 rings (SSSR count). The first kappa shape index (κ1) is 23.9. The Morgan fingerprint density at radius 2 is 1.81 bits per heavy atom. The van der Waals surface area contributed by atoms with Crippen LogP contribution in [-0.2, 0) is 22.6 Å². The van der Waals surface area contributed by atoms with E-state index in [1.807, 2.05) is 31.3 Å². The van der Waals surface area contributed by atoms with Crippen molar-refractivity contribution >= 4 is 5.96 Å². The zero-order valence-electron chi connectivity index (χ0n) is 19.4. The normalized spacial score (nSPS) is 14.8. The summed E-state index contributed by atoms with van der Waals surface area (Å²) in [7, 11) is 5.45. The molecule has 7 nitrogen and oxygen atoms in total. The van der Waals surface area contributed by atoms with Gasteiger partial charge in [0.05, 0.1) is 26.4 Å². The van der Waals surface area contributed by atoms with Crippen molar-refractivity contribution in [2.75, 3.05) is 47.6 Å². The average Bonchev–Trinajstić information content (AvgIpc) is 2.84. The van der Waals surface area contributed by atoms with E-state index in [4.69, 9.17) is 18.9 Å². The molecule has 174 valence electrons. The van der Waals surface area contributed by atoms with Crippen LogP contribution in [0.15, 0.2) is 53.5 Å². The second kappa shape index (κ2) is 12.9. The molecule has 1 aliphatic heterocycles. The Balaban J connectivity index is 1.41. The molecule has 0 radical (unpaired) electrons. The van der Waals surface area contributed by atoms with Gasteiger partial charge in [0, 0.05) is 33.9 Å². The van der Waals surface area contributed by atoms with Gasteiger partial charge in [-0.1, -0.05) is 24.3 Å². The lowest BCUT2D eigenvalue weighted by molar-refractivity contribution is -0.0390. The number of hydrogen-bond donors (Lipinski definition) is 1. The second-order valence-electron chi connectivity index (χ2n) is 7.79. The molecule has 0 spiro atoms. The number of nitrogens with one attached hydrogen (secondary N) is 1. The van der Waals surface area contributed by atoms with Gasteiger partial charge < -0.3 is 29.2 Å². The van der Waals surface area contributed by atoms with Crippen LogP contribution in [0.4, 0.5) is 0 Å². The molecule has 0 aromatic heterocycles. The molecule has 0 unspecified atom stereocenters. The first-order valence-corrected chi connectivity index (χ1v) is 11.1. The van der Waals surface area contributed by atoms with E-state index in [9.17, 15) is 0 Å². The second-order valence-corrected chi connectivity index (χ2v) is 7.79. The summed E-state index contributed by atoms with van der Waals surface area (Å²) in [6.07, 6.45) is 2.26. The van der Waals surface area contributed by atoms with Crippen molar-refractivity contribution in [3.05, 3.63) is 59.7 Å². The third kappa shape index (κ3) is 7.73. The summed E-state index contributed by atoms with van der Waals surface area (Å²) in [5, 5.41) is 3.43. The van der Waals surface area contributed by atoms with E-state index in [1.165, 1.54) is 11.1 Å². The van der Waals surface area contributed by atoms with Crippen molar-refractivity contribution in [3.8, 4) is 11.5 Å². The standard InChI is InChI=1S/C25H35N3O4/c1-26-25(28(2)13-16-31-23-9-7-22(29-3)8-10-23)27-18-20-5-4-6-21(17-20)19-32-24-11-14-30-15-12-24/h4-10,17,24H,11-16,18-19H2,1-3H3,(H,26,27). The summed E-state index contributed by atoms with van der Waals surface area (Å²) in [5.74, 6) is 2.47. The van der Waals surface area contributed by atoms with E-state index in [1.54, 1.807) is 14.2 Å². The Hall–Kier alpha value is -2.77. The smallest absolute Gasteiger partial charge is 0.193 e. The Morgan fingerprint density at radius 3 is 2.53 bits per heavy atom. The van der Waals surface area contributed by atoms with E-state index in [0.29, 0.717) is 32.4 Å². The van der Waals surface area contributed by atoms with Gasteiger partial charge in [-0.15, -0.1) is 0 Å². The molecule has 7 heteroatoms. The lowest BCUT2D eigenvalue weighted by Gasteiger charge is -2.23. The molecule has 1 fully saturated rings. The zero-order chi connectivity index (χ0) is 22.6. The van der Waals surface area contributed by atoms with Gasteiger partial charge in [0.15, 0.2) is 5.96 Å². The van der Waals surface area contributed by atoms with Crippen LogP contribution < -0.4 is 14.8 Å². The molecule has 32 heavy (non-hydrogen) atoms. The largest absolute Gasteiger partial charge is 0.497 e. The Kier molecular flexibility index (Phi) is 9.65. The maximum atomic E-state index is 6.05. The fourth-order valence-corrected chi connectivity index (χ4v) is 3.53. The Labute approximate surface area is 191 Å². The van der Waals surface area contributed by atoms with Crippen LogP contribution in [0.2, 0.25) is 0 Å². The molecular formula is C25H35N3O4.